The fourth-order valence-electron chi connectivity index (χ4n) is 2.91. The van der Waals surface area contributed by atoms with E-state index < -0.39 is 0 Å². The Hall–Kier alpha value is -2.89. The summed E-state index contributed by atoms with van der Waals surface area (Å²) in [5, 5.41) is 2.69. The molecule has 5 nitrogen and oxygen atoms in total. The summed E-state index contributed by atoms with van der Waals surface area (Å²) in [6.07, 6.45) is 1.97. The first-order valence-corrected chi connectivity index (χ1v) is 9.51. The lowest BCUT2D eigenvalue weighted by Crippen LogP contribution is -2.41. The second-order valence-corrected chi connectivity index (χ2v) is 7.25. The highest BCUT2D eigenvalue weighted by molar-refractivity contribution is 5.96. The molecular formula is C22H25FN2O3. The highest BCUT2D eigenvalue weighted by Gasteiger charge is 2.32. The van der Waals surface area contributed by atoms with Crippen LogP contribution in [0, 0.1) is 5.82 Å². The molecule has 3 rings (SSSR count). The predicted octanol–water partition coefficient (Wildman–Crippen LogP) is 3.53. The number of hydrogen-bond acceptors (Lipinski definition) is 3. The summed E-state index contributed by atoms with van der Waals surface area (Å²) in [7, 11) is 0. The van der Waals surface area contributed by atoms with Gasteiger partial charge >= 0.3 is 0 Å². The average molecular weight is 384 g/mol. The molecule has 28 heavy (non-hydrogen) atoms. The number of amides is 2. The molecule has 1 saturated carbocycles. The van der Waals surface area contributed by atoms with Gasteiger partial charge in [-0.3, -0.25) is 9.59 Å². The lowest BCUT2D eigenvalue weighted by Gasteiger charge is -2.23. The van der Waals surface area contributed by atoms with E-state index in [-0.39, 0.29) is 36.3 Å². The predicted molar refractivity (Wildman–Crippen MR) is 105 cm³/mol. The van der Waals surface area contributed by atoms with Gasteiger partial charge in [0.05, 0.1) is 12.6 Å². The lowest BCUT2D eigenvalue weighted by molar-refractivity contribution is -0.131. The monoisotopic (exact) mass is 384 g/mol. The van der Waals surface area contributed by atoms with Crippen LogP contribution in [-0.2, 0) is 11.3 Å². The zero-order chi connectivity index (χ0) is 20.1. The zero-order valence-electron chi connectivity index (χ0n) is 16.2. The molecule has 6 heteroatoms. The Bertz CT molecular complexity index is 815. The maximum atomic E-state index is 13.1. The third-order valence-electron chi connectivity index (χ3n) is 4.46. The molecule has 2 aromatic carbocycles. The van der Waals surface area contributed by atoms with Gasteiger partial charge in [0, 0.05) is 18.2 Å². The van der Waals surface area contributed by atoms with E-state index in [2.05, 4.69) is 5.32 Å². The molecule has 0 saturated heterocycles. The van der Waals surface area contributed by atoms with E-state index >= 15 is 0 Å². The second-order valence-electron chi connectivity index (χ2n) is 7.25. The largest absolute Gasteiger partial charge is 0.491 e. The lowest BCUT2D eigenvalue weighted by atomic mass is 10.2. The van der Waals surface area contributed by atoms with Crippen molar-refractivity contribution in [3.63, 3.8) is 0 Å². The second kappa shape index (κ2) is 8.87. The van der Waals surface area contributed by atoms with Crippen molar-refractivity contribution in [1.82, 2.24) is 10.2 Å². The molecule has 1 aliphatic carbocycles. The molecule has 1 aliphatic rings. The fourth-order valence-corrected chi connectivity index (χ4v) is 2.91. The Kier molecular flexibility index (Phi) is 6.29. The number of benzene rings is 2. The van der Waals surface area contributed by atoms with Crippen molar-refractivity contribution in [2.75, 3.05) is 6.54 Å². The van der Waals surface area contributed by atoms with Crippen LogP contribution in [0.3, 0.4) is 0 Å². The van der Waals surface area contributed by atoms with E-state index in [1.807, 2.05) is 13.8 Å². The number of nitrogens with one attached hydrogen (secondary N) is 1. The van der Waals surface area contributed by atoms with Gasteiger partial charge in [0.25, 0.3) is 5.91 Å². The first-order chi connectivity index (χ1) is 13.4. The van der Waals surface area contributed by atoms with Crippen LogP contribution >= 0.6 is 0 Å². The Balaban J connectivity index is 1.55. The molecule has 1 fully saturated rings. The molecule has 2 aromatic rings. The van der Waals surface area contributed by atoms with Crippen LogP contribution in [0.4, 0.5) is 4.39 Å². The van der Waals surface area contributed by atoms with Crippen LogP contribution in [0.2, 0.25) is 0 Å². The summed E-state index contributed by atoms with van der Waals surface area (Å²) in [6, 6.07) is 13.2. The minimum absolute atomic E-state index is 0.0619. The van der Waals surface area contributed by atoms with Gasteiger partial charge in [0.15, 0.2) is 0 Å². The van der Waals surface area contributed by atoms with Crippen molar-refractivity contribution in [2.24, 2.45) is 0 Å². The summed E-state index contributed by atoms with van der Waals surface area (Å²) < 4.78 is 18.6. The number of halogens is 1. The third-order valence-corrected chi connectivity index (χ3v) is 4.46. The standard InChI is InChI=1S/C22H25FN2O3/c1-15(2)28-20-11-5-17(6-12-20)22(27)24-13-21(26)25(19-9-10-19)14-16-3-7-18(23)8-4-16/h3-8,11-12,15,19H,9-10,13-14H2,1-2H3,(H,24,27). The van der Waals surface area contributed by atoms with Gasteiger partial charge in [-0.05, 0) is 68.7 Å². The quantitative estimate of drug-likeness (QED) is 0.757. The Morgan fingerprint density at radius 3 is 2.32 bits per heavy atom. The number of nitrogens with zero attached hydrogens (tertiary/aromatic N) is 1. The molecule has 0 bridgehead atoms. The molecule has 1 N–H and O–H groups in total. The first kappa shape index (κ1) is 19.9. The van der Waals surface area contributed by atoms with Crippen LogP contribution in [0.25, 0.3) is 0 Å². The number of carbonyl (C=O) groups is 2. The summed E-state index contributed by atoms with van der Waals surface area (Å²) in [4.78, 5) is 26.7. The average Bonchev–Trinajstić information content (AvgIpc) is 3.50. The highest BCUT2D eigenvalue weighted by atomic mass is 19.1. The topological polar surface area (TPSA) is 58.6 Å². The molecule has 0 heterocycles. The van der Waals surface area contributed by atoms with Crippen LogP contribution < -0.4 is 10.1 Å². The van der Waals surface area contributed by atoms with Gasteiger partial charge in [0.2, 0.25) is 5.91 Å². The number of carbonyl (C=O) groups excluding carboxylic acids is 2. The van der Waals surface area contributed by atoms with Crippen LogP contribution in [-0.4, -0.2) is 35.4 Å². The van der Waals surface area contributed by atoms with Gasteiger partial charge in [-0.15, -0.1) is 0 Å². The number of rotatable bonds is 8. The Morgan fingerprint density at radius 1 is 1.11 bits per heavy atom. The first-order valence-electron chi connectivity index (χ1n) is 9.51. The normalized spacial score (nSPS) is 13.3. The summed E-state index contributed by atoms with van der Waals surface area (Å²) in [5.41, 5.74) is 1.34. The minimum Gasteiger partial charge on any atom is -0.491 e. The fraction of sp³-hybridized carbons (Fsp3) is 0.364. The zero-order valence-corrected chi connectivity index (χ0v) is 16.2. The van der Waals surface area contributed by atoms with E-state index in [1.165, 1.54) is 12.1 Å². The van der Waals surface area contributed by atoms with Crippen molar-refractivity contribution >= 4 is 11.8 Å². The smallest absolute Gasteiger partial charge is 0.251 e. The Morgan fingerprint density at radius 2 is 1.75 bits per heavy atom. The molecule has 0 aromatic heterocycles. The Labute approximate surface area is 164 Å². The SMILES string of the molecule is CC(C)Oc1ccc(C(=O)NCC(=O)N(Cc2ccc(F)cc2)C2CC2)cc1. The van der Waals surface area contributed by atoms with E-state index in [4.69, 9.17) is 4.74 Å². The van der Waals surface area contributed by atoms with Gasteiger partial charge in [-0.1, -0.05) is 12.1 Å². The van der Waals surface area contributed by atoms with Crippen molar-refractivity contribution in [2.45, 2.75) is 45.4 Å². The summed E-state index contributed by atoms with van der Waals surface area (Å²) >= 11 is 0. The minimum atomic E-state index is -0.304. The highest BCUT2D eigenvalue weighted by Crippen LogP contribution is 2.28. The van der Waals surface area contributed by atoms with Gasteiger partial charge in [0.1, 0.15) is 11.6 Å². The van der Waals surface area contributed by atoms with Crippen molar-refractivity contribution in [1.29, 1.82) is 0 Å². The molecule has 0 spiro atoms. The molecule has 2 amide bonds. The summed E-state index contributed by atoms with van der Waals surface area (Å²) in [5.74, 6) is -0.0473. The summed E-state index contributed by atoms with van der Waals surface area (Å²) in [6.45, 7) is 4.22. The van der Waals surface area contributed by atoms with Crippen LogP contribution in [0.1, 0.15) is 42.6 Å². The number of ether oxygens (including phenoxy) is 1. The molecule has 0 unspecified atom stereocenters. The van der Waals surface area contributed by atoms with Crippen LogP contribution in [0.5, 0.6) is 5.75 Å². The number of hydrogen-bond donors (Lipinski definition) is 1. The molecule has 148 valence electrons. The molecule has 0 atom stereocenters. The third kappa shape index (κ3) is 5.55. The van der Waals surface area contributed by atoms with Crippen molar-refractivity contribution in [3.05, 3.63) is 65.5 Å². The van der Waals surface area contributed by atoms with Crippen LogP contribution in [0.15, 0.2) is 48.5 Å². The molecular weight excluding hydrogens is 359 g/mol. The molecule has 0 aliphatic heterocycles. The van der Waals surface area contributed by atoms with E-state index in [0.29, 0.717) is 17.9 Å². The maximum Gasteiger partial charge on any atom is 0.251 e. The van der Waals surface area contributed by atoms with E-state index in [9.17, 15) is 14.0 Å². The van der Waals surface area contributed by atoms with Crippen molar-refractivity contribution < 1.29 is 18.7 Å². The molecule has 0 radical (unpaired) electrons. The van der Waals surface area contributed by atoms with Crippen molar-refractivity contribution in [3.8, 4) is 5.75 Å². The van der Waals surface area contributed by atoms with Gasteiger partial charge in [-0.2, -0.15) is 0 Å². The van der Waals surface area contributed by atoms with Gasteiger partial charge in [-0.25, -0.2) is 4.39 Å². The van der Waals surface area contributed by atoms with Gasteiger partial charge < -0.3 is 15.0 Å². The van der Waals surface area contributed by atoms with E-state index in [0.717, 1.165) is 18.4 Å². The van der Waals surface area contributed by atoms with E-state index in [1.54, 1.807) is 41.3 Å². The maximum absolute atomic E-state index is 13.1.